The number of hydrogen-bond donors (Lipinski definition) is 2. The fourth-order valence-electron chi connectivity index (χ4n) is 1.72. The van der Waals surface area contributed by atoms with Gasteiger partial charge in [-0.3, -0.25) is 4.79 Å². The maximum absolute atomic E-state index is 12.0. The molecular formula is C15H13Cl2NO2. The van der Waals surface area contributed by atoms with Gasteiger partial charge in [0, 0.05) is 17.1 Å². The van der Waals surface area contributed by atoms with Crippen LogP contribution < -0.4 is 5.32 Å². The molecule has 0 saturated heterocycles. The van der Waals surface area contributed by atoms with E-state index >= 15 is 0 Å². The molecule has 0 atom stereocenters. The highest BCUT2D eigenvalue weighted by molar-refractivity contribution is 6.32. The SMILES string of the molecule is O=C(Nc1ccc(CCCl)cc1)c1ccc(O)c(Cl)c1. The number of aromatic hydroxyl groups is 1. The van der Waals surface area contributed by atoms with Gasteiger partial charge in [-0.2, -0.15) is 0 Å². The first-order chi connectivity index (χ1) is 9.60. The van der Waals surface area contributed by atoms with Gasteiger partial charge in [0.1, 0.15) is 5.75 Å². The van der Waals surface area contributed by atoms with Crippen LogP contribution in [-0.2, 0) is 6.42 Å². The Morgan fingerprint density at radius 2 is 1.85 bits per heavy atom. The monoisotopic (exact) mass is 309 g/mol. The third kappa shape index (κ3) is 3.65. The van der Waals surface area contributed by atoms with Crippen molar-refractivity contribution in [1.82, 2.24) is 0 Å². The Kier molecular flexibility index (Phi) is 4.88. The normalized spacial score (nSPS) is 10.3. The maximum atomic E-state index is 12.0. The molecule has 0 aliphatic rings. The molecule has 0 unspecified atom stereocenters. The summed E-state index contributed by atoms with van der Waals surface area (Å²) < 4.78 is 0. The summed E-state index contributed by atoms with van der Waals surface area (Å²) in [5, 5.41) is 12.2. The molecule has 0 heterocycles. The van der Waals surface area contributed by atoms with Gasteiger partial charge in [-0.25, -0.2) is 0 Å². The molecule has 1 amide bonds. The van der Waals surface area contributed by atoms with Crippen molar-refractivity contribution in [2.24, 2.45) is 0 Å². The number of nitrogens with one attached hydrogen (secondary N) is 1. The largest absolute Gasteiger partial charge is 0.506 e. The molecule has 0 aliphatic carbocycles. The quantitative estimate of drug-likeness (QED) is 0.836. The minimum atomic E-state index is -0.281. The fourth-order valence-corrected chi connectivity index (χ4v) is 2.11. The van der Waals surface area contributed by atoms with Crippen molar-refractivity contribution >= 4 is 34.8 Å². The molecule has 0 aromatic heterocycles. The van der Waals surface area contributed by atoms with Gasteiger partial charge < -0.3 is 10.4 Å². The van der Waals surface area contributed by atoms with Crippen LogP contribution in [0.2, 0.25) is 5.02 Å². The number of hydrogen-bond acceptors (Lipinski definition) is 2. The summed E-state index contributed by atoms with van der Waals surface area (Å²) in [6, 6.07) is 11.8. The van der Waals surface area contributed by atoms with Crippen molar-refractivity contribution in [2.75, 3.05) is 11.2 Å². The molecule has 104 valence electrons. The van der Waals surface area contributed by atoms with E-state index in [1.807, 2.05) is 24.3 Å². The minimum absolute atomic E-state index is 0.0476. The van der Waals surface area contributed by atoms with Gasteiger partial charge >= 0.3 is 0 Å². The van der Waals surface area contributed by atoms with Crippen molar-refractivity contribution in [2.45, 2.75) is 6.42 Å². The smallest absolute Gasteiger partial charge is 0.255 e. The zero-order valence-electron chi connectivity index (χ0n) is 10.6. The lowest BCUT2D eigenvalue weighted by Crippen LogP contribution is -2.11. The van der Waals surface area contributed by atoms with Crippen LogP contribution in [0.25, 0.3) is 0 Å². The predicted octanol–water partition coefficient (Wildman–Crippen LogP) is 4.08. The van der Waals surface area contributed by atoms with Crippen LogP contribution in [0.1, 0.15) is 15.9 Å². The van der Waals surface area contributed by atoms with Crippen LogP contribution in [0.5, 0.6) is 5.75 Å². The lowest BCUT2D eigenvalue weighted by atomic mass is 10.1. The Bertz CT molecular complexity index is 612. The summed E-state index contributed by atoms with van der Waals surface area (Å²) in [5.74, 6) is 0.239. The van der Waals surface area contributed by atoms with E-state index in [-0.39, 0.29) is 16.7 Å². The molecule has 2 N–H and O–H groups in total. The second-order valence-corrected chi connectivity index (χ2v) is 5.04. The number of phenols is 1. The van der Waals surface area contributed by atoms with E-state index in [1.165, 1.54) is 18.2 Å². The zero-order valence-corrected chi connectivity index (χ0v) is 12.1. The molecule has 2 aromatic rings. The van der Waals surface area contributed by atoms with Gasteiger partial charge in [-0.1, -0.05) is 23.7 Å². The topological polar surface area (TPSA) is 49.3 Å². The van der Waals surface area contributed by atoms with Gasteiger partial charge in [-0.15, -0.1) is 11.6 Å². The van der Waals surface area contributed by atoms with Gasteiger partial charge in [0.2, 0.25) is 0 Å². The maximum Gasteiger partial charge on any atom is 0.255 e. The number of carbonyl (C=O) groups is 1. The first kappa shape index (κ1) is 14.7. The van der Waals surface area contributed by atoms with E-state index in [0.717, 1.165) is 12.0 Å². The second kappa shape index (κ2) is 6.64. The van der Waals surface area contributed by atoms with E-state index in [1.54, 1.807) is 0 Å². The molecule has 0 radical (unpaired) electrons. The third-order valence-electron chi connectivity index (χ3n) is 2.80. The Morgan fingerprint density at radius 1 is 1.15 bits per heavy atom. The summed E-state index contributed by atoms with van der Waals surface area (Å²) in [6.45, 7) is 0. The van der Waals surface area contributed by atoms with Gasteiger partial charge in [0.05, 0.1) is 5.02 Å². The standard InChI is InChI=1S/C15H13Cl2NO2/c16-8-7-10-1-4-12(5-2-10)18-15(20)11-3-6-14(19)13(17)9-11/h1-6,9,19H,7-8H2,(H,18,20). The number of alkyl halides is 1. The van der Waals surface area contributed by atoms with Gasteiger partial charge in [0.25, 0.3) is 5.91 Å². The number of benzene rings is 2. The van der Waals surface area contributed by atoms with E-state index < -0.39 is 0 Å². The number of aryl methyl sites for hydroxylation is 1. The average Bonchev–Trinajstić information content (AvgIpc) is 2.44. The van der Waals surface area contributed by atoms with Crippen molar-refractivity contribution in [1.29, 1.82) is 0 Å². The van der Waals surface area contributed by atoms with Crippen LogP contribution in [-0.4, -0.2) is 16.9 Å². The number of halogens is 2. The van der Waals surface area contributed by atoms with Crippen molar-refractivity contribution in [3.63, 3.8) is 0 Å². The van der Waals surface area contributed by atoms with Gasteiger partial charge in [-0.05, 0) is 42.3 Å². The van der Waals surface area contributed by atoms with E-state index in [0.29, 0.717) is 17.1 Å². The van der Waals surface area contributed by atoms with Crippen molar-refractivity contribution < 1.29 is 9.90 Å². The van der Waals surface area contributed by atoms with Crippen molar-refractivity contribution in [3.8, 4) is 5.75 Å². The first-order valence-corrected chi connectivity index (χ1v) is 6.96. The van der Waals surface area contributed by atoms with Crippen LogP contribution >= 0.6 is 23.2 Å². The third-order valence-corrected chi connectivity index (χ3v) is 3.30. The molecule has 0 fully saturated rings. The number of amides is 1. The van der Waals surface area contributed by atoms with Gasteiger partial charge in [0.15, 0.2) is 0 Å². The average molecular weight is 310 g/mol. The molecule has 0 bridgehead atoms. The lowest BCUT2D eigenvalue weighted by molar-refractivity contribution is 0.102. The Morgan fingerprint density at radius 3 is 2.45 bits per heavy atom. The molecule has 3 nitrogen and oxygen atoms in total. The molecule has 2 aromatic carbocycles. The summed E-state index contributed by atoms with van der Waals surface area (Å²) >= 11 is 11.4. The predicted molar refractivity (Wildman–Crippen MR) is 81.9 cm³/mol. The summed E-state index contributed by atoms with van der Waals surface area (Å²) in [6.07, 6.45) is 0.795. The minimum Gasteiger partial charge on any atom is -0.506 e. The van der Waals surface area contributed by atoms with Crippen LogP contribution in [0, 0.1) is 0 Å². The highest BCUT2D eigenvalue weighted by Crippen LogP contribution is 2.24. The lowest BCUT2D eigenvalue weighted by Gasteiger charge is -2.07. The highest BCUT2D eigenvalue weighted by atomic mass is 35.5. The van der Waals surface area contributed by atoms with Crippen LogP contribution in [0.15, 0.2) is 42.5 Å². The number of phenolic OH excluding ortho intramolecular Hbond substituents is 1. The number of carbonyl (C=O) groups excluding carboxylic acids is 1. The Hall–Kier alpha value is -1.71. The fraction of sp³-hybridized carbons (Fsp3) is 0.133. The first-order valence-electron chi connectivity index (χ1n) is 6.05. The van der Waals surface area contributed by atoms with Crippen LogP contribution in [0.4, 0.5) is 5.69 Å². The molecule has 20 heavy (non-hydrogen) atoms. The van der Waals surface area contributed by atoms with Crippen LogP contribution in [0.3, 0.4) is 0 Å². The molecule has 0 aliphatic heterocycles. The zero-order chi connectivity index (χ0) is 14.5. The second-order valence-electron chi connectivity index (χ2n) is 4.26. The summed E-state index contributed by atoms with van der Waals surface area (Å²) in [4.78, 5) is 12.0. The summed E-state index contributed by atoms with van der Waals surface area (Å²) in [7, 11) is 0. The molecular weight excluding hydrogens is 297 g/mol. The Balaban J connectivity index is 2.08. The molecule has 0 saturated carbocycles. The highest BCUT2D eigenvalue weighted by Gasteiger charge is 2.08. The van der Waals surface area contributed by atoms with Crippen molar-refractivity contribution in [3.05, 3.63) is 58.6 Å². The number of rotatable bonds is 4. The Labute approximate surface area is 127 Å². The summed E-state index contributed by atoms with van der Waals surface area (Å²) in [5.41, 5.74) is 2.20. The molecule has 2 rings (SSSR count). The number of anilines is 1. The molecule has 5 heteroatoms. The van der Waals surface area contributed by atoms with E-state index in [2.05, 4.69) is 5.32 Å². The molecule has 0 spiro atoms. The van der Waals surface area contributed by atoms with E-state index in [9.17, 15) is 9.90 Å². The van der Waals surface area contributed by atoms with E-state index in [4.69, 9.17) is 23.2 Å².